The monoisotopic (exact) mass is 258 g/mol. The van der Waals surface area contributed by atoms with E-state index in [1.54, 1.807) is 0 Å². The van der Waals surface area contributed by atoms with Gasteiger partial charge in [0.05, 0.1) is 0 Å². The molecule has 1 unspecified atom stereocenters. The Morgan fingerprint density at radius 2 is 2.50 bits per heavy atom. The molecular weight excluding hydrogens is 240 g/mol. The predicted octanol–water partition coefficient (Wildman–Crippen LogP) is 3.88. The summed E-state index contributed by atoms with van der Waals surface area (Å²) in [5, 5.41) is 3.42. The van der Waals surface area contributed by atoms with Gasteiger partial charge in [-0.25, -0.2) is 4.98 Å². The van der Waals surface area contributed by atoms with E-state index in [0.717, 1.165) is 25.4 Å². The molecule has 0 fully saturated rings. The zero-order valence-electron chi connectivity index (χ0n) is 9.71. The van der Waals surface area contributed by atoms with E-state index in [1.807, 2.05) is 12.3 Å². The fourth-order valence-electron chi connectivity index (χ4n) is 1.61. The van der Waals surface area contributed by atoms with Gasteiger partial charge >= 0.3 is 0 Å². The molecule has 1 heterocycles. The lowest BCUT2D eigenvalue weighted by Crippen LogP contribution is -2.17. The second kappa shape index (κ2) is 7.82. The van der Waals surface area contributed by atoms with Gasteiger partial charge in [0.25, 0.3) is 0 Å². The Balaban J connectivity index is 2.13. The first-order valence-electron chi connectivity index (χ1n) is 5.68. The molecular formula is C12H19ClN2S. The molecule has 0 radical (unpaired) electrons. The molecule has 0 saturated heterocycles. The first-order chi connectivity index (χ1) is 7.76. The van der Waals surface area contributed by atoms with Crippen LogP contribution in [-0.4, -0.2) is 11.5 Å². The number of hydrogen-bond acceptors (Lipinski definition) is 3. The third-order valence-electron chi connectivity index (χ3n) is 2.63. The number of rotatable bonds is 8. The molecule has 0 spiro atoms. The SMILES string of the molecule is C=CCC(CC)CCNCc1cnc(Cl)s1. The quantitative estimate of drug-likeness (QED) is 0.565. The molecule has 0 aliphatic rings. The van der Waals surface area contributed by atoms with Crippen LogP contribution < -0.4 is 5.32 Å². The normalized spacial score (nSPS) is 12.6. The summed E-state index contributed by atoms with van der Waals surface area (Å²) < 4.78 is 0.620. The molecule has 0 saturated carbocycles. The summed E-state index contributed by atoms with van der Waals surface area (Å²) in [6.07, 6.45) is 7.39. The highest BCUT2D eigenvalue weighted by Crippen LogP contribution is 2.17. The minimum absolute atomic E-state index is 0.620. The van der Waals surface area contributed by atoms with Gasteiger partial charge in [-0.3, -0.25) is 0 Å². The van der Waals surface area contributed by atoms with Crippen molar-refractivity contribution in [1.82, 2.24) is 10.3 Å². The summed E-state index contributed by atoms with van der Waals surface area (Å²) in [5.41, 5.74) is 0. The van der Waals surface area contributed by atoms with Crippen molar-refractivity contribution in [2.45, 2.75) is 32.7 Å². The molecule has 0 aliphatic carbocycles. The van der Waals surface area contributed by atoms with Crippen LogP contribution in [0.25, 0.3) is 0 Å². The van der Waals surface area contributed by atoms with Gasteiger partial charge in [-0.05, 0) is 25.3 Å². The van der Waals surface area contributed by atoms with Gasteiger partial charge in [0.1, 0.15) is 0 Å². The van der Waals surface area contributed by atoms with Gasteiger partial charge in [0, 0.05) is 17.6 Å². The lowest BCUT2D eigenvalue weighted by molar-refractivity contribution is 0.456. The van der Waals surface area contributed by atoms with Crippen LogP contribution >= 0.6 is 22.9 Å². The molecule has 2 nitrogen and oxygen atoms in total. The van der Waals surface area contributed by atoms with E-state index in [0.29, 0.717) is 4.47 Å². The van der Waals surface area contributed by atoms with Crippen LogP contribution in [0.2, 0.25) is 4.47 Å². The van der Waals surface area contributed by atoms with Gasteiger partial charge in [0.2, 0.25) is 0 Å². The molecule has 0 aromatic carbocycles. The van der Waals surface area contributed by atoms with Crippen LogP contribution in [0.4, 0.5) is 0 Å². The lowest BCUT2D eigenvalue weighted by Gasteiger charge is -2.12. The number of halogens is 1. The largest absolute Gasteiger partial charge is 0.312 e. The Hall–Kier alpha value is -0.380. The van der Waals surface area contributed by atoms with Crippen LogP contribution in [0.15, 0.2) is 18.9 Å². The van der Waals surface area contributed by atoms with Crippen LogP contribution in [-0.2, 0) is 6.54 Å². The summed E-state index contributed by atoms with van der Waals surface area (Å²) >= 11 is 7.29. The van der Waals surface area contributed by atoms with Crippen molar-refractivity contribution in [1.29, 1.82) is 0 Å². The van der Waals surface area contributed by atoms with E-state index in [1.165, 1.54) is 29.1 Å². The second-order valence-electron chi connectivity index (χ2n) is 3.84. The standard InChI is InChI=1S/C12H19ClN2S/c1-3-5-10(4-2)6-7-14-8-11-9-15-12(13)16-11/h3,9-10,14H,1,4-8H2,2H3. The molecule has 0 amide bonds. The first-order valence-corrected chi connectivity index (χ1v) is 6.87. The van der Waals surface area contributed by atoms with Crippen molar-refractivity contribution in [3.63, 3.8) is 0 Å². The molecule has 1 N–H and O–H groups in total. The van der Waals surface area contributed by atoms with E-state index >= 15 is 0 Å². The first kappa shape index (κ1) is 13.7. The van der Waals surface area contributed by atoms with E-state index in [2.05, 4.69) is 23.8 Å². The topological polar surface area (TPSA) is 24.9 Å². The number of aromatic nitrogens is 1. The molecule has 1 aromatic rings. The van der Waals surface area contributed by atoms with E-state index < -0.39 is 0 Å². The predicted molar refractivity (Wildman–Crippen MR) is 72.0 cm³/mol. The fourth-order valence-corrected chi connectivity index (χ4v) is 2.55. The highest BCUT2D eigenvalue weighted by atomic mass is 35.5. The number of allylic oxidation sites excluding steroid dienone is 1. The summed E-state index contributed by atoms with van der Waals surface area (Å²) in [4.78, 5) is 5.20. The van der Waals surface area contributed by atoms with E-state index in [9.17, 15) is 0 Å². The van der Waals surface area contributed by atoms with Crippen molar-refractivity contribution in [2.75, 3.05) is 6.54 Å². The number of nitrogens with zero attached hydrogens (tertiary/aromatic N) is 1. The van der Waals surface area contributed by atoms with Gasteiger partial charge < -0.3 is 5.32 Å². The van der Waals surface area contributed by atoms with Gasteiger partial charge in [-0.2, -0.15) is 0 Å². The Labute approximate surface area is 107 Å². The minimum Gasteiger partial charge on any atom is -0.312 e. The van der Waals surface area contributed by atoms with E-state index in [4.69, 9.17) is 11.6 Å². The maximum absolute atomic E-state index is 5.76. The summed E-state index contributed by atoms with van der Waals surface area (Å²) in [5.74, 6) is 0.759. The summed E-state index contributed by atoms with van der Waals surface area (Å²) in [7, 11) is 0. The Morgan fingerprint density at radius 1 is 1.69 bits per heavy atom. The lowest BCUT2D eigenvalue weighted by atomic mass is 9.99. The fraction of sp³-hybridized carbons (Fsp3) is 0.583. The molecule has 90 valence electrons. The maximum atomic E-state index is 5.76. The summed E-state index contributed by atoms with van der Waals surface area (Å²) in [6.45, 7) is 7.93. The van der Waals surface area contributed by atoms with Crippen LogP contribution in [0, 0.1) is 5.92 Å². The van der Waals surface area contributed by atoms with Crippen molar-refractivity contribution in [2.24, 2.45) is 5.92 Å². The number of nitrogens with one attached hydrogen (secondary N) is 1. The zero-order valence-corrected chi connectivity index (χ0v) is 11.3. The Kier molecular flexibility index (Phi) is 6.69. The molecule has 1 atom stereocenters. The maximum Gasteiger partial charge on any atom is 0.183 e. The molecule has 4 heteroatoms. The van der Waals surface area contributed by atoms with Crippen molar-refractivity contribution in [3.05, 3.63) is 28.2 Å². The highest BCUT2D eigenvalue weighted by molar-refractivity contribution is 7.15. The second-order valence-corrected chi connectivity index (χ2v) is 5.54. The van der Waals surface area contributed by atoms with Crippen LogP contribution in [0.3, 0.4) is 0 Å². The number of thiazole rings is 1. The van der Waals surface area contributed by atoms with Gasteiger partial charge in [0.15, 0.2) is 4.47 Å². The molecule has 0 bridgehead atoms. The van der Waals surface area contributed by atoms with Crippen molar-refractivity contribution in [3.8, 4) is 0 Å². The Morgan fingerprint density at radius 3 is 3.06 bits per heavy atom. The summed E-state index contributed by atoms with van der Waals surface area (Å²) in [6, 6.07) is 0. The minimum atomic E-state index is 0.620. The van der Waals surface area contributed by atoms with E-state index in [-0.39, 0.29) is 0 Å². The average molecular weight is 259 g/mol. The van der Waals surface area contributed by atoms with Crippen molar-refractivity contribution >= 4 is 22.9 Å². The third-order valence-corrected chi connectivity index (χ3v) is 3.75. The molecule has 0 aliphatic heterocycles. The number of hydrogen-bond donors (Lipinski definition) is 1. The van der Waals surface area contributed by atoms with Gasteiger partial charge in [-0.15, -0.1) is 17.9 Å². The van der Waals surface area contributed by atoms with Crippen LogP contribution in [0.1, 0.15) is 31.1 Å². The van der Waals surface area contributed by atoms with Crippen LogP contribution in [0.5, 0.6) is 0 Å². The molecule has 1 aromatic heterocycles. The average Bonchev–Trinajstić information content (AvgIpc) is 2.69. The zero-order chi connectivity index (χ0) is 11.8. The highest BCUT2D eigenvalue weighted by Gasteiger charge is 2.04. The Bertz CT molecular complexity index is 312. The molecule has 1 rings (SSSR count). The molecule has 16 heavy (non-hydrogen) atoms. The van der Waals surface area contributed by atoms with Gasteiger partial charge in [-0.1, -0.05) is 31.0 Å². The van der Waals surface area contributed by atoms with Crippen molar-refractivity contribution < 1.29 is 0 Å². The third kappa shape index (κ3) is 5.10. The smallest absolute Gasteiger partial charge is 0.183 e.